The van der Waals surface area contributed by atoms with E-state index in [9.17, 15) is 0 Å². The molecule has 0 aromatic carbocycles. The first kappa shape index (κ1) is 19.4. The SMILES string of the molecule is CC(C)[C@H]1CC[C@H](C)[C@H]([Se][Se][C@@H]2C[C@@H](C(C)C)CC[C@@H]2C)C1. The fourth-order valence-corrected chi connectivity index (χ4v) is 16.5. The summed E-state index contributed by atoms with van der Waals surface area (Å²) in [7, 11) is 0. The van der Waals surface area contributed by atoms with Crippen LogP contribution in [-0.2, 0) is 0 Å². The fourth-order valence-electron chi connectivity index (χ4n) is 4.24. The molecule has 6 atom stereocenters. The zero-order valence-electron chi connectivity index (χ0n) is 15.7. The van der Waals surface area contributed by atoms with Gasteiger partial charge < -0.3 is 0 Å². The van der Waals surface area contributed by atoms with Gasteiger partial charge >= 0.3 is 151 Å². The van der Waals surface area contributed by atoms with Crippen molar-refractivity contribution in [2.75, 3.05) is 0 Å². The Morgan fingerprint density at radius 1 is 0.636 bits per heavy atom. The summed E-state index contributed by atoms with van der Waals surface area (Å²) in [4.78, 5) is 2.22. The van der Waals surface area contributed by atoms with Crippen LogP contribution in [0.5, 0.6) is 0 Å². The second-order valence-electron chi connectivity index (χ2n) is 8.86. The van der Waals surface area contributed by atoms with E-state index in [1.54, 1.807) is 12.8 Å². The van der Waals surface area contributed by atoms with Gasteiger partial charge in [-0.15, -0.1) is 0 Å². The van der Waals surface area contributed by atoms with E-state index in [0.717, 1.165) is 71.4 Å². The molecule has 0 N–H and O–H groups in total. The molecule has 2 heteroatoms. The minimum absolute atomic E-state index is 0.914. The fraction of sp³-hybridized carbons (Fsp3) is 1.00. The molecule has 130 valence electrons. The zero-order chi connectivity index (χ0) is 16.3. The van der Waals surface area contributed by atoms with Gasteiger partial charge in [-0.05, 0) is 0 Å². The van der Waals surface area contributed by atoms with Crippen LogP contribution in [0.25, 0.3) is 0 Å². The van der Waals surface area contributed by atoms with E-state index in [0.29, 0.717) is 0 Å². The van der Waals surface area contributed by atoms with Crippen molar-refractivity contribution in [3.8, 4) is 0 Å². The van der Waals surface area contributed by atoms with Crippen molar-refractivity contribution in [3.05, 3.63) is 0 Å². The monoisotopic (exact) mass is 438 g/mol. The first-order valence-corrected chi connectivity index (χ1v) is 16.0. The summed E-state index contributed by atoms with van der Waals surface area (Å²) in [5.74, 6) is 5.94. The molecule has 0 heterocycles. The number of rotatable bonds is 5. The summed E-state index contributed by atoms with van der Waals surface area (Å²) in [6.45, 7) is 14.9. The van der Waals surface area contributed by atoms with Crippen molar-refractivity contribution in [2.45, 2.75) is 89.7 Å². The van der Waals surface area contributed by atoms with Gasteiger partial charge in [0.05, 0.1) is 0 Å². The van der Waals surface area contributed by atoms with Crippen LogP contribution >= 0.6 is 0 Å². The standard InChI is InChI=1S/C20H38Se2/c1-13(2)17-9-7-15(5)19(11-17)21-22-20-12-18(14(3)4)10-8-16(20)6/h13-20H,7-12H2,1-6H3/t15-,16-,17-,18-,19+,20+/m0/s1. The molecular formula is C20H38Se2. The molecule has 2 fully saturated rings. The summed E-state index contributed by atoms with van der Waals surface area (Å²) in [6, 6.07) is 0. The Morgan fingerprint density at radius 2 is 1.00 bits per heavy atom. The molecule has 2 rings (SSSR count). The Morgan fingerprint density at radius 3 is 1.32 bits per heavy atom. The maximum atomic E-state index is 2.56. The molecular weight excluding hydrogens is 398 g/mol. The van der Waals surface area contributed by atoms with Crippen LogP contribution in [0.2, 0.25) is 9.63 Å². The van der Waals surface area contributed by atoms with Crippen molar-refractivity contribution in [2.24, 2.45) is 35.5 Å². The van der Waals surface area contributed by atoms with Crippen LogP contribution in [0.1, 0.15) is 80.1 Å². The molecule has 0 aliphatic heterocycles. The van der Waals surface area contributed by atoms with Crippen LogP contribution in [0.4, 0.5) is 0 Å². The van der Waals surface area contributed by atoms with Gasteiger partial charge in [0.2, 0.25) is 0 Å². The Balaban J connectivity index is 1.84. The van der Waals surface area contributed by atoms with E-state index >= 15 is 0 Å². The predicted octanol–water partition coefficient (Wildman–Crippen LogP) is 6.07. The molecule has 0 radical (unpaired) electrons. The second-order valence-corrected chi connectivity index (χ2v) is 16.4. The third-order valence-corrected chi connectivity index (χ3v) is 17.1. The van der Waals surface area contributed by atoms with E-state index in [1.807, 2.05) is 0 Å². The van der Waals surface area contributed by atoms with Crippen LogP contribution in [0.15, 0.2) is 0 Å². The average molecular weight is 436 g/mol. The molecule has 0 aromatic heterocycles. The van der Waals surface area contributed by atoms with Gasteiger partial charge in [0, 0.05) is 0 Å². The van der Waals surface area contributed by atoms with Gasteiger partial charge in [-0.3, -0.25) is 0 Å². The van der Waals surface area contributed by atoms with Crippen molar-refractivity contribution in [3.63, 3.8) is 0 Å². The molecule has 0 bridgehead atoms. The third kappa shape index (κ3) is 5.27. The average Bonchev–Trinajstić information content (AvgIpc) is 2.47. The van der Waals surface area contributed by atoms with E-state index in [2.05, 4.69) is 41.5 Å². The topological polar surface area (TPSA) is 0 Å². The molecule has 0 amide bonds. The number of hydrogen-bond donors (Lipinski definition) is 0. The second kappa shape index (κ2) is 8.94. The third-order valence-electron chi connectivity index (χ3n) is 6.51. The van der Waals surface area contributed by atoms with Gasteiger partial charge in [-0.2, -0.15) is 0 Å². The molecule has 0 unspecified atom stereocenters. The molecule has 22 heavy (non-hydrogen) atoms. The minimum atomic E-state index is 0.914. The van der Waals surface area contributed by atoms with Crippen molar-refractivity contribution < 1.29 is 0 Å². The Hall–Kier alpha value is 1.04. The van der Waals surface area contributed by atoms with Crippen LogP contribution < -0.4 is 0 Å². The summed E-state index contributed by atoms with van der Waals surface area (Å²) < 4.78 is 0. The predicted molar refractivity (Wildman–Crippen MR) is 102 cm³/mol. The van der Waals surface area contributed by atoms with Gasteiger partial charge in [-0.1, -0.05) is 0 Å². The van der Waals surface area contributed by atoms with Crippen molar-refractivity contribution in [1.82, 2.24) is 0 Å². The summed E-state index contributed by atoms with van der Waals surface area (Å²) >= 11 is 1.91. The molecule has 0 saturated heterocycles. The molecule has 2 saturated carbocycles. The molecule has 0 spiro atoms. The molecule has 2 aliphatic rings. The maximum absolute atomic E-state index is 2.56. The number of hydrogen-bond acceptors (Lipinski definition) is 0. The molecule has 0 aromatic rings. The molecule has 2 aliphatic carbocycles. The Labute approximate surface area is 151 Å². The van der Waals surface area contributed by atoms with Gasteiger partial charge in [0.15, 0.2) is 0 Å². The Bertz CT molecular complexity index is 294. The van der Waals surface area contributed by atoms with E-state index in [4.69, 9.17) is 0 Å². The van der Waals surface area contributed by atoms with E-state index in [1.165, 1.54) is 25.7 Å². The molecule has 0 nitrogen and oxygen atoms in total. The van der Waals surface area contributed by atoms with Gasteiger partial charge in [-0.25, -0.2) is 0 Å². The van der Waals surface area contributed by atoms with E-state index < -0.39 is 0 Å². The summed E-state index contributed by atoms with van der Waals surface area (Å²) in [6.07, 6.45) is 9.17. The van der Waals surface area contributed by atoms with Gasteiger partial charge in [0.1, 0.15) is 0 Å². The van der Waals surface area contributed by atoms with Crippen LogP contribution in [0, 0.1) is 35.5 Å². The van der Waals surface area contributed by atoms with Gasteiger partial charge in [0.25, 0.3) is 0 Å². The van der Waals surface area contributed by atoms with Crippen molar-refractivity contribution >= 4 is 26.3 Å². The first-order valence-electron chi connectivity index (χ1n) is 9.70. The van der Waals surface area contributed by atoms with E-state index in [-0.39, 0.29) is 0 Å². The van der Waals surface area contributed by atoms with Crippen LogP contribution in [0.3, 0.4) is 0 Å². The quantitative estimate of drug-likeness (QED) is 0.459. The Kier molecular flexibility index (Phi) is 7.87. The summed E-state index contributed by atoms with van der Waals surface area (Å²) in [5, 5.41) is 0. The van der Waals surface area contributed by atoms with Crippen molar-refractivity contribution in [1.29, 1.82) is 0 Å². The zero-order valence-corrected chi connectivity index (χ0v) is 19.1. The first-order chi connectivity index (χ1) is 10.4. The summed E-state index contributed by atoms with van der Waals surface area (Å²) in [5.41, 5.74) is 0. The normalized spacial score (nSPS) is 40.4. The van der Waals surface area contributed by atoms with Crippen LogP contribution in [-0.4, -0.2) is 26.3 Å².